The Hall–Kier alpha value is -1.02. The molecule has 2 nitrogen and oxygen atoms in total. The van der Waals surface area contributed by atoms with Gasteiger partial charge in [-0.3, -0.25) is 0 Å². The highest BCUT2D eigenvalue weighted by molar-refractivity contribution is 5.56. The molecule has 0 amide bonds. The Morgan fingerprint density at radius 2 is 2.28 bits per heavy atom. The molecule has 3 rings (SSSR count). The molecule has 0 aromatic heterocycles. The van der Waals surface area contributed by atoms with E-state index in [4.69, 9.17) is 0 Å². The van der Waals surface area contributed by atoms with E-state index < -0.39 is 0 Å². The van der Waals surface area contributed by atoms with E-state index in [1.165, 1.54) is 42.5 Å². The fourth-order valence-corrected chi connectivity index (χ4v) is 3.23. The van der Waals surface area contributed by atoms with Crippen molar-refractivity contribution in [2.75, 3.05) is 11.9 Å². The molecule has 0 radical (unpaired) electrons. The van der Waals surface area contributed by atoms with Gasteiger partial charge in [0.1, 0.15) is 0 Å². The Morgan fingerprint density at radius 1 is 1.39 bits per heavy atom. The topological polar surface area (TPSA) is 24.1 Å². The molecule has 2 aliphatic rings. The molecule has 98 valence electrons. The molecule has 0 bridgehead atoms. The molecule has 1 unspecified atom stereocenters. The van der Waals surface area contributed by atoms with Gasteiger partial charge >= 0.3 is 0 Å². The first-order valence-electron chi connectivity index (χ1n) is 7.25. The Morgan fingerprint density at radius 3 is 3.00 bits per heavy atom. The van der Waals surface area contributed by atoms with Crippen molar-refractivity contribution in [3.8, 4) is 0 Å². The van der Waals surface area contributed by atoms with Gasteiger partial charge in [0.05, 0.1) is 0 Å². The van der Waals surface area contributed by atoms with Gasteiger partial charge in [0.15, 0.2) is 0 Å². The normalized spacial score (nSPS) is 24.9. The summed E-state index contributed by atoms with van der Waals surface area (Å²) in [5, 5.41) is 7.26. The summed E-state index contributed by atoms with van der Waals surface area (Å²) < 4.78 is 0. The van der Waals surface area contributed by atoms with Crippen LogP contribution in [0.4, 0.5) is 5.69 Å². The van der Waals surface area contributed by atoms with Gasteiger partial charge in [-0.1, -0.05) is 26.0 Å². The number of hydrogen-bond donors (Lipinski definition) is 2. The summed E-state index contributed by atoms with van der Waals surface area (Å²) in [6.07, 6.45) is 5.19. The van der Waals surface area contributed by atoms with Crippen molar-refractivity contribution in [2.24, 2.45) is 5.41 Å². The Kier molecular flexibility index (Phi) is 3.06. The van der Waals surface area contributed by atoms with Gasteiger partial charge in [0.25, 0.3) is 0 Å². The first-order valence-corrected chi connectivity index (χ1v) is 7.25. The molecule has 1 saturated carbocycles. The quantitative estimate of drug-likeness (QED) is 0.852. The van der Waals surface area contributed by atoms with Crippen LogP contribution >= 0.6 is 0 Å². The highest BCUT2D eigenvalue weighted by atomic mass is 15.0. The minimum Gasteiger partial charge on any atom is -0.385 e. The zero-order valence-electron chi connectivity index (χ0n) is 11.6. The molecule has 0 saturated heterocycles. The summed E-state index contributed by atoms with van der Waals surface area (Å²) in [6.45, 7) is 6.89. The van der Waals surface area contributed by atoms with Crippen molar-refractivity contribution in [1.29, 1.82) is 0 Å². The summed E-state index contributed by atoms with van der Waals surface area (Å²) >= 11 is 0. The first kappa shape index (κ1) is 12.0. The van der Waals surface area contributed by atoms with Crippen molar-refractivity contribution in [3.63, 3.8) is 0 Å². The van der Waals surface area contributed by atoms with Crippen molar-refractivity contribution in [3.05, 3.63) is 29.3 Å². The van der Waals surface area contributed by atoms with E-state index in [1.807, 2.05) is 0 Å². The zero-order chi connectivity index (χ0) is 12.6. The van der Waals surface area contributed by atoms with Crippen LogP contribution in [0.25, 0.3) is 0 Å². The Balaban J connectivity index is 1.69. The second-order valence-electron chi connectivity index (χ2n) is 6.43. The van der Waals surface area contributed by atoms with Crippen LogP contribution in [0, 0.1) is 5.41 Å². The molecule has 0 spiro atoms. The highest BCUT2D eigenvalue weighted by Crippen LogP contribution is 2.40. The van der Waals surface area contributed by atoms with Crippen LogP contribution in [-0.2, 0) is 13.0 Å². The van der Waals surface area contributed by atoms with Crippen LogP contribution in [0.5, 0.6) is 0 Å². The van der Waals surface area contributed by atoms with Crippen LogP contribution in [0.15, 0.2) is 18.2 Å². The van der Waals surface area contributed by atoms with Gasteiger partial charge in [-0.25, -0.2) is 0 Å². The maximum atomic E-state index is 3.75. The monoisotopic (exact) mass is 244 g/mol. The first-order chi connectivity index (χ1) is 8.67. The summed E-state index contributed by atoms with van der Waals surface area (Å²) in [4.78, 5) is 0. The van der Waals surface area contributed by atoms with Crippen molar-refractivity contribution in [1.82, 2.24) is 5.32 Å². The van der Waals surface area contributed by atoms with E-state index in [0.29, 0.717) is 11.5 Å². The third-order valence-electron chi connectivity index (χ3n) is 4.75. The van der Waals surface area contributed by atoms with Crippen molar-refractivity contribution >= 4 is 5.69 Å². The van der Waals surface area contributed by atoms with Gasteiger partial charge in [0.2, 0.25) is 0 Å². The van der Waals surface area contributed by atoms with E-state index in [-0.39, 0.29) is 0 Å². The average Bonchev–Trinajstić information content (AvgIpc) is 2.38. The molecule has 2 N–H and O–H groups in total. The second kappa shape index (κ2) is 4.58. The maximum absolute atomic E-state index is 3.75. The second-order valence-corrected chi connectivity index (χ2v) is 6.43. The lowest BCUT2D eigenvalue weighted by Gasteiger charge is -2.45. The van der Waals surface area contributed by atoms with Gasteiger partial charge in [0, 0.05) is 24.8 Å². The molecular weight excluding hydrogens is 220 g/mol. The van der Waals surface area contributed by atoms with Gasteiger partial charge < -0.3 is 10.6 Å². The SMILES string of the molecule is CC1(C)CCC1NCc1cccc2c1CCCN2. The predicted octanol–water partition coefficient (Wildman–Crippen LogP) is 3.32. The van der Waals surface area contributed by atoms with Gasteiger partial charge in [-0.2, -0.15) is 0 Å². The molecule has 1 atom stereocenters. The smallest absolute Gasteiger partial charge is 0.0375 e. The van der Waals surface area contributed by atoms with E-state index in [2.05, 4.69) is 42.7 Å². The number of fused-ring (bicyclic) bond motifs is 1. The molecule has 2 heteroatoms. The van der Waals surface area contributed by atoms with E-state index in [1.54, 1.807) is 0 Å². The van der Waals surface area contributed by atoms with E-state index in [9.17, 15) is 0 Å². The van der Waals surface area contributed by atoms with Crippen molar-refractivity contribution in [2.45, 2.75) is 52.1 Å². The summed E-state index contributed by atoms with van der Waals surface area (Å²) in [5.74, 6) is 0. The number of nitrogens with one attached hydrogen (secondary N) is 2. The molecule has 1 aromatic carbocycles. The number of benzene rings is 1. The predicted molar refractivity (Wildman–Crippen MR) is 76.9 cm³/mol. The standard InChI is InChI=1S/C16H24N2/c1-16(2)9-8-15(16)18-11-12-5-3-7-14-13(12)6-4-10-17-14/h3,5,7,15,17-18H,4,6,8-11H2,1-2H3. The number of anilines is 1. The molecule has 1 aromatic rings. The van der Waals surface area contributed by atoms with Gasteiger partial charge in [-0.05, 0) is 48.3 Å². The third kappa shape index (κ3) is 2.14. The highest BCUT2D eigenvalue weighted by Gasteiger charge is 2.37. The van der Waals surface area contributed by atoms with Crippen LogP contribution in [0.3, 0.4) is 0 Å². The minimum absolute atomic E-state index is 0.493. The van der Waals surface area contributed by atoms with Gasteiger partial charge in [-0.15, -0.1) is 0 Å². The van der Waals surface area contributed by atoms with Crippen molar-refractivity contribution < 1.29 is 0 Å². The molecular formula is C16H24N2. The lowest BCUT2D eigenvalue weighted by Crippen LogP contribution is -2.49. The van der Waals surface area contributed by atoms with E-state index >= 15 is 0 Å². The van der Waals surface area contributed by atoms with Crippen LogP contribution in [0.1, 0.15) is 44.2 Å². The minimum atomic E-state index is 0.493. The molecule has 1 aliphatic heterocycles. The molecule has 1 fully saturated rings. The number of rotatable bonds is 3. The average molecular weight is 244 g/mol. The number of hydrogen-bond acceptors (Lipinski definition) is 2. The van der Waals surface area contributed by atoms with E-state index in [0.717, 1.165) is 13.1 Å². The third-order valence-corrected chi connectivity index (χ3v) is 4.75. The fraction of sp³-hybridized carbons (Fsp3) is 0.625. The molecule has 1 aliphatic carbocycles. The van der Waals surface area contributed by atoms with Crippen LogP contribution in [-0.4, -0.2) is 12.6 Å². The fourth-order valence-electron chi connectivity index (χ4n) is 3.23. The lowest BCUT2D eigenvalue weighted by atomic mass is 9.67. The van der Waals surface area contributed by atoms with Crippen LogP contribution in [0.2, 0.25) is 0 Å². The Bertz CT molecular complexity index is 437. The van der Waals surface area contributed by atoms with Crippen LogP contribution < -0.4 is 10.6 Å². The molecule has 18 heavy (non-hydrogen) atoms. The summed E-state index contributed by atoms with van der Waals surface area (Å²) in [5.41, 5.74) is 4.87. The summed E-state index contributed by atoms with van der Waals surface area (Å²) in [6, 6.07) is 7.38. The zero-order valence-corrected chi connectivity index (χ0v) is 11.6. The summed E-state index contributed by atoms with van der Waals surface area (Å²) in [7, 11) is 0. The largest absolute Gasteiger partial charge is 0.385 e. The molecule has 1 heterocycles. The lowest BCUT2D eigenvalue weighted by molar-refractivity contribution is 0.108. The maximum Gasteiger partial charge on any atom is 0.0375 e. The Labute approximate surface area is 110 Å².